The fourth-order valence-electron chi connectivity index (χ4n) is 2.61. The second-order valence-corrected chi connectivity index (χ2v) is 6.20. The van der Waals surface area contributed by atoms with E-state index in [1.165, 1.54) is 5.56 Å². The molecule has 0 radical (unpaired) electrons. The van der Waals surface area contributed by atoms with Crippen molar-refractivity contribution in [3.05, 3.63) is 39.9 Å². The molecule has 0 saturated heterocycles. The van der Waals surface area contributed by atoms with Crippen LogP contribution in [0.3, 0.4) is 0 Å². The third-order valence-electron chi connectivity index (χ3n) is 3.79. The number of halogens is 1. The molecular formula is C16H20BrNO2. The summed E-state index contributed by atoms with van der Waals surface area (Å²) >= 11 is 3.49. The van der Waals surface area contributed by atoms with E-state index in [1.807, 2.05) is 31.2 Å². The minimum absolute atomic E-state index is 0.0946. The third kappa shape index (κ3) is 3.93. The molecule has 20 heavy (non-hydrogen) atoms. The first-order valence-corrected chi connectivity index (χ1v) is 7.75. The van der Waals surface area contributed by atoms with Gasteiger partial charge in [-0.25, -0.2) is 0 Å². The Morgan fingerprint density at radius 1 is 1.50 bits per heavy atom. The highest BCUT2D eigenvalue weighted by molar-refractivity contribution is 9.10. The minimum Gasteiger partial charge on any atom is -0.396 e. The van der Waals surface area contributed by atoms with E-state index in [0.717, 1.165) is 29.3 Å². The van der Waals surface area contributed by atoms with E-state index in [4.69, 9.17) is 0 Å². The van der Waals surface area contributed by atoms with E-state index in [9.17, 15) is 9.90 Å². The number of hydrogen-bond donors (Lipinski definition) is 2. The van der Waals surface area contributed by atoms with Crippen LogP contribution in [0.4, 0.5) is 0 Å². The Morgan fingerprint density at radius 2 is 2.30 bits per heavy atom. The lowest BCUT2D eigenvalue weighted by Crippen LogP contribution is -2.37. The summed E-state index contributed by atoms with van der Waals surface area (Å²) in [5.41, 5.74) is 2.16. The van der Waals surface area contributed by atoms with Crippen LogP contribution >= 0.6 is 15.9 Å². The summed E-state index contributed by atoms with van der Waals surface area (Å²) in [6, 6.07) is 6.13. The Bertz CT molecular complexity index is 513. The van der Waals surface area contributed by atoms with Crippen molar-refractivity contribution in [3.63, 3.8) is 0 Å². The van der Waals surface area contributed by atoms with Crippen molar-refractivity contribution < 1.29 is 9.90 Å². The Labute approximate surface area is 128 Å². The number of nitrogens with one attached hydrogen (secondary N) is 1. The van der Waals surface area contributed by atoms with Crippen LogP contribution in [-0.4, -0.2) is 23.7 Å². The van der Waals surface area contributed by atoms with Gasteiger partial charge in [0.2, 0.25) is 5.91 Å². The highest BCUT2D eigenvalue weighted by Gasteiger charge is 2.27. The highest BCUT2D eigenvalue weighted by Crippen LogP contribution is 2.25. The molecule has 1 aromatic carbocycles. The van der Waals surface area contributed by atoms with Crippen LogP contribution in [0.25, 0.3) is 6.08 Å². The lowest BCUT2D eigenvalue weighted by atomic mass is 10.1. The normalized spacial score (nSPS) is 22.4. The van der Waals surface area contributed by atoms with Crippen molar-refractivity contribution in [3.8, 4) is 0 Å². The van der Waals surface area contributed by atoms with Crippen LogP contribution in [0.1, 0.15) is 30.4 Å². The number of rotatable bonds is 4. The van der Waals surface area contributed by atoms with E-state index >= 15 is 0 Å². The quantitative estimate of drug-likeness (QED) is 0.829. The van der Waals surface area contributed by atoms with Crippen molar-refractivity contribution >= 4 is 27.9 Å². The van der Waals surface area contributed by atoms with Crippen molar-refractivity contribution in [2.24, 2.45) is 5.92 Å². The zero-order chi connectivity index (χ0) is 14.5. The summed E-state index contributed by atoms with van der Waals surface area (Å²) in [5.74, 6) is 0.112. The number of aliphatic hydroxyl groups is 1. The molecule has 2 N–H and O–H groups in total. The zero-order valence-electron chi connectivity index (χ0n) is 11.6. The van der Waals surface area contributed by atoms with Gasteiger partial charge in [0, 0.05) is 29.1 Å². The molecule has 1 aliphatic rings. The first-order chi connectivity index (χ1) is 9.60. The van der Waals surface area contributed by atoms with Gasteiger partial charge >= 0.3 is 0 Å². The molecule has 108 valence electrons. The molecule has 1 amide bonds. The molecule has 4 heteroatoms. The molecule has 1 fully saturated rings. The van der Waals surface area contributed by atoms with Crippen molar-refractivity contribution in [2.75, 3.05) is 6.61 Å². The minimum atomic E-state index is -0.0946. The zero-order valence-corrected chi connectivity index (χ0v) is 13.2. The fraction of sp³-hybridized carbons (Fsp3) is 0.438. The second kappa shape index (κ2) is 7.04. The Hall–Kier alpha value is -1.13. The van der Waals surface area contributed by atoms with E-state index in [-0.39, 0.29) is 24.5 Å². The van der Waals surface area contributed by atoms with Crippen molar-refractivity contribution in [1.29, 1.82) is 0 Å². The first kappa shape index (κ1) is 15.3. The maximum atomic E-state index is 11.9. The number of carbonyl (C=O) groups excluding carboxylic acids is 1. The van der Waals surface area contributed by atoms with Crippen LogP contribution in [0.15, 0.2) is 28.7 Å². The molecule has 0 bridgehead atoms. The molecule has 3 nitrogen and oxygen atoms in total. The van der Waals surface area contributed by atoms with E-state index in [2.05, 4.69) is 21.2 Å². The molecule has 2 rings (SSSR count). The molecule has 1 saturated carbocycles. The molecule has 0 spiro atoms. The van der Waals surface area contributed by atoms with Crippen LogP contribution in [0.2, 0.25) is 0 Å². The summed E-state index contributed by atoms with van der Waals surface area (Å²) < 4.78 is 0.982. The van der Waals surface area contributed by atoms with Gasteiger partial charge in [-0.05, 0) is 43.0 Å². The molecule has 1 aromatic rings. The van der Waals surface area contributed by atoms with Crippen molar-refractivity contribution in [2.45, 2.75) is 32.2 Å². The predicted molar refractivity (Wildman–Crippen MR) is 84.3 cm³/mol. The van der Waals surface area contributed by atoms with Crippen LogP contribution in [0.5, 0.6) is 0 Å². The lowest BCUT2D eigenvalue weighted by Gasteiger charge is -2.17. The smallest absolute Gasteiger partial charge is 0.244 e. The maximum Gasteiger partial charge on any atom is 0.244 e. The molecule has 0 heterocycles. The number of aryl methyl sites for hydroxylation is 1. The fourth-order valence-corrected chi connectivity index (χ4v) is 3.23. The van der Waals surface area contributed by atoms with E-state index in [1.54, 1.807) is 6.08 Å². The molecule has 0 aliphatic heterocycles. The number of hydrogen-bond acceptors (Lipinski definition) is 2. The monoisotopic (exact) mass is 337 g/mol. The van der Waals surface area contributed by atoms with Gasteiger partial charge in [-0.3, -0.25) is 4.79 Å². The van der Waals surface area contributed by atoms with Gasteiger partial charge in [0.05, 0.1) is 0 Å². The van der Waals surface area contributed by atoms with E-state index < -0.39 is 0 Å². The van der Waals surface area contributed by atoms with Crippen LogP contribution in [0, 0.1) is 12.8 Å². The second-order valence-electron chi connectivity index (χ2n) is 5.35. The van der Waals surface area contributed by atoms with Gasteiger partial charge in [-0.2, -0.15) is 0 Å². The molecule has 2 atom stereocenters. The summed E-state index contributed by atoms with van der Waals surface area (Å²) in [6.45, 7) is 2.18. The molecular weight excluding hydrogens is 318 g/mol. The Kier molecular flexibility index (Phi) is 5.38. The first-order valence-electron chi connectivity index (χ1n) is 6.95. The molecule has 1 aliphatic carbocycles. The van der Waals surface area contributed by atoms with Crippen LogP contribution in [-0.2, 0) is 4.79 Å². The summed E-state index contributed by atoms with van der Waals surface area (Å²) in [4.78, 5) is 11.9. The highest BCUT2D eigenvalue weighted by atomic mass is 79.9. The summed E-state index contributed by atoms with van der Waals surface area (Å²) in [5, 5.41) is 12.2. The average molecular weight is 338 g/mol. The van der Waals surface area contributed by atoms with Crippen molar-refractivity contribution in [1.82, 2.24) is 5.32 Å². The number of amides is 1. The van der Waals surface area contributed by atoms with Gasteiger partial charge < -0.3 is 10.4 Å². The number of aliphatic hydroxyl groups excluding tert-OH is 1. The Morgan fingerprint density at radius 3 is 3.00 bits per heavy atom. The molecule has 0 aromatic heterocycles. The summed E-state index contributed by atoms with van der Waals surface area (Å²) in [6.07, 6.45) is 6.39. The standard InChI is InChI=1S/C16H20BrNO2/c1-11-5-6-12(14(17)9-11)7-8-16(20)18-15-4-2-3-13(15)10-19/h5-9,13,15,19H,2-4,10H2,1H3,(H,18,20)/b8-7+. The number of benzene rings is 1. The summed E-state index contributed by atoms with van der Waals surface area (Å²) in [7, 11) is 0. The van der Waals surface area contributed by atoms with Crippen LogP contribution < -0.4 is 5.32 Å². The average Bonchev–Trinajstić information content (AvgIpc) is 2.85. The Balaban J connectivity index is 1.95. The predicted octanol–water partition coefficient (Wildman–Crippen LogP) is 3.05. The SMILES string of the molecule is Cc1ccc(/C=C/C(=O)NC2CCCC2CO)c(Br)c1. The van der Waals surface area contributed by atoms with Gasteiger partial charge in [0.15, 0.2) is 0 Å². The largest absolute Gasteiger partial charge is 0.396 e. The lowest BCUT2D eigenvalue weighted by molar-refractivity contribution is -0.117. The van der Waals surface area contributed by atoms with Gasteiger partial charge in [-0.1, -0.05) is 34.5 Å². The third-order valence-corrected chi connectivity index (χ3v) is 4.48. The number of carbonyl (C=O) groups is 1. The van der Waals surface area contributed by atoms with Gasteiger partial charge in [-0.15, -0.1) is 0 Å². The van der Waals surface area contributed by atoms with Gasteiger partial charge in [0.25, 0.3) is 0 Å². The molecule has 2 unspecified atom stereocenters. The van der Waals surface area contributed by atoms with Gasteiger partial charge in [0.1, 0.15) is 0 Å². The topological polar surface area (TPSA) is 49.3 Å². The maximum absolute atomic E-state index is 11.9. The van der Waals surface area contributed by atoms with E-state index in [0.29, 0.717) is 0 Å².